The number of methoxy groups -OCH3 is 2. The molecule has 1 aliphatic heterocycles. The predicted octanol–water partition coefficient (Wildman–Crippen LogP) is 9.35. The molecule has 0 bridgehead atoms. The maximum Gasteiger partial charge on any atom is 0.350 e. The number of nitrogens with zero attached hydrogens (tertiary/aromatic N) is 2. The number of hydrogen-bond donors (Lipinski definition) is 2. The fraction of sp³-hybridized carbons (Fsp3) is 0.333. The van der Waals surface area contributed by atoms with Gasteiger partial charge in [0.2, 0.25) is 0 Å². The van der Waals surface area contributed by atoms with Crippen LogP contribution >= 0.6 is 7.87 Å². The second kappa shape index (κ2) is 22.6. The van der Waals surface area contributed by atoms with Crippen LogP contribution in [0.4, 0.5) is 0 Å². The van der Waals surface area contributed by atoms with Gasteiger partial charge >= 0.3 is 13.6 Å². The first-order valence-electron chi connectivity index (χ1n) is 23.2. The van der Waals surface area contributed by atoms with Crippen LogP contribution in [0.5, 0.6) is 11.5 Å². The third-order valence-corrected chi connectivity index (χ3v) is 17.7. The Hall–Kier alpha value is -5.43. The quantitative estimate of drug-likeness (QED) is 0.0315. The standard InChI is InChI=1S/C54H64N3O8PSi/c1-38(2)57(39(3)4)66(60,33-17-18-34-67-51(41-19-11-8-12-20-41)42-21-13-9-14-22-42)65-48-35-50(56-36-40(5)52(58)55-53(56)59)64-49(48)37-63-54(43-23-15-10-16-24-43,44-25-29-46(61-6)30-26-44)45-27-31-47(62-7)32-28-45/h8-32,36,38-39,48-51,60H,33-35,37,67H2,1-7H3/p+1/t48-,49+,50+,66?/m0/s1. The number of rotatable bonds is 21. The molecule has 4 atom stereocenters. The lowest BCUT2D eigenvalue weighted by molar-refractivity contribution is -0.0929. The third-order valence-electron chi connectivity index (χ3n) is 12.5. The van der Waals surface area contributed by atoms with Crippen LogP contribution in [0, 0.1) is 6.92 Å². The second-order valence-electron chi connectivity index (χ2n) is 17.6. The molecule has 1 aliphatic rings. The topological polar surface area (TPSA) is 124 Å². The summed E-state index contributed by atoms with van der Waals surface area (Å²) < 4.78 is 36.0. The molecule has 67 heavy (non-hydrogen) atoms. The Balaban J connectivity index is 1.25. The smallest absolute Gasteiger partial charge is 0.350 e. The van der Waals surface area contributed by atoms with Crippen molar-refractivity contribution in [3.63, 3.8) is 0 Å². The molecule has 1 aromatic heterocycles. The van der Waals surface area contributed by atoms with E-state index < -0.39 is 52.7 Å². The zero-order valence-electron chi connectivity index (χ0n) is 39.7. The molecule has 0 spiro atoms. The number of benzene rings is 5. The number of aryl methyl sites for hydroxylation is 1. The summed E-state index contributed by atoms with van der Waals surface area (Å²) in [7, 11) is -0.813. The molecule has 0 saturated carbocycles. The van der Waals surface area contributed by atoms with E-state index in [1.165, 1.54) is 21.9 Å². The van der Waals surface area contributed by atoms with Gasteiger partial charge in [-0.25, -0.2) is 9.69 Å². The summed E-state index contributed by atoms with van der Waals surface area (Å²) in [6.07, 6.45) is 4.00. The molecule has 13 heteroatoms. The van der Waals surface area contributed by atoms with Gasteiger partial charge in [-0.2, -0.15) is 4.52 Å². The van der Waals surface area contributed by atoms with E-state index in [4.69, 9.17) is 23.5 Å². The first-order valence-corrected chi connectivity index (χ1v) is 26.8. The van der Waals surface area contributed by atoms with Crippen LogP contribution in [0.25, 0.3) is 0 Å². The Bertz CT molecular complexity index is 2530. The molecule has 0 amide bonds. The van der Waals surface area contributed by atoms with Crippen LogP contribution < -0.4 is 20.7 Å². The van der Waals surface area contributed by atoms with Crippen molar-refractivity contribution in [1.82, 2.24) is 14.2 Å². The number of allylic oxidation sites excluding steroid dienone is 2. The van der Waals surface area contributed by atoms with E-state index in [1.807, 2.05) is 78.9 Å². The molecule has 0 radical (unpaired) electrons. The number of hydrogen-bond acceptors (Lipinski definition) is 9. The van der Waals surface area contributed by atoms with Crippen LogP contribution in [0.3, 0.4) is 0 Å². The average Bonchev–Trinajstić information content (AvgIpc) is 3.73. The number of aromatic nitrogens is 2. The monoisotopic (exact) mass is 942 g/mol. The fourth-order valence-electron chi connectivity index (χ4n) is 9.43. The van der Waals surface area contributed by atoms with Gasteiger partial charge < -0.3 is 18.9 Å². The van der Waals surface area contributed by atoms with Gasteiger partial charge in [0, 0.05) is 39.8 Å². The number of nitrogens with one attached hydrogen (secondary N) is 1. The van der Waals surface area contributed by atoms with Gasteiger partial charge in [0.15, 0.2) is 0 Å². The third kappa shape index (κ3) is 11.5. The largest absolute Gasteiger partial charge is 0.497 e. The van der Waals surface area contributed by atoms with E-state index in [0.717, 1.165) is 22.7 Å². The minimum Gasteiger partial charge on any atom is -0.497 e. The Morgan fingerprint density at radius 3 is 1.79 bits per heavy atom. The minimum absolute atomic E-state index is 0.00361. The SMILES string of the molecule is COc1ccc(C(OC[C@H]2O[C@@H](n3cc(C)c(=O)[nH]c3=O)C[C@@H]2O[P+](O)(CC=CC[SiH2]C(c2ccccc2)c2ccccc2)N(C(C)C)C(C)C)(c2ccccc2)c2ccc(OC)cc2)cc1. The molecule has 2 N–H and O–H groups in total. The highest BCUT2D eigenvalue weighted by molar-refractivity contribution is 7.63. The Kier molecular flexibility index (Phi) is 16.7. The maximum absolute atomic E-state index is 13.5. The van der Waals surface area contributed by atoms with Gasteiger partial charge in [0.25, 0.3) is 5.56 Å². The molecular formula is C54H65N3O8PSi+. The highest BCUT2D eigenvalue weighted by Crippen LogP contribution is 2.63. The van der Waals surface area contributed by atoms with E-state index in [9.17, 15) is 14.5 Å². The summed E-state index contributed by atoms with van der Waals surface area (Å²) in [5.74, 6) is 1.40. The first-order chi connectivity index (χ1) is 32.4. The summed E-state index contributed by atoms with van der Waals surface area (Å²) in [6.45, 7) is 9.95. The molecule has 1 saturated heterocycles. The Labute approximate surface area is 397 Å². The van der Waals surface area contributed by atoms with E-state index >= 15 is 0 Å². The Morgan fingerprint density at radius 1 is 0.776 bits per heavy atom. The van der Waals surface area contributed by atoms with Crippen molar-refractivity contribution in [3.05, 3.63) is 212 Å². The van der Waals surface area contributed by atoms with Crippen LogP contribution in [0.15, 0.2) is 167 Å². The van der Waals surface area contributed by atoms with Crippen molar-refractivity contribution >= 4 is 17.4 Å². The summed E-state index contributed by atoms with van der Waals surface area (Å²) in [4.78, 5) is 41.6. The number of aromatic amines is 1. The second-order valence-corrected chi connectivity index (χ2v) is 22.0. The van der Waals surface area contributed by atoms with Crippen molar-refractivity contribution in [1.29, 1.82) is 0 Å². The van der Waals surface area contributed by atoms with Gasteiger partial charge in [0.05, 0.1) is 20.8 Å². The first kappa shape index (κ1) is 49.5. The molecular weight excluding hydrogens is 878 g/mol. The predicted molar refractivity (Wildman–Crippen MR) is 271 cm³/mol. The molecule has 352 valence electrons. The lowest BCUT2D eigenvalue weighted by atomic mass is 9.80. The van der Waals surface area contributed by atoms with Crippen LogP contribution in [0.2, 0.25) is 6.04 Å². The van der Waals surface area contributed by atoms with E-state index in [1.54, 1.807) is 21.1 Å². The minimum atomic E-state index is -3.41. The molecule has 5 aromatic carbocycles. The van der Waals surface area contributed by atoms with Crippen LogP contribution in [0.1, 0.15) is 79.3 Å². The molecule has 7 rings (SSSR count). The van der Waals surface area contributed by atoms with E-state index in [2.05, 4.69) is 110 Å². The number of ether oxygens (including phenoxy) is 4. The summed E-state index contributed by atoms with van der Waals surface area (Å²) >= 11 is 0. The van der Waals surface area contributed by atoms with Crippen LogP contribution in [-0.4, -0.2) is 79.9 Å². The van der Waals surface area contributed by atoms with Crippen molar-refractivity contribution in [2.75, 3.05) is 27.0 Å². The summed E-state index contributed by atoms with van der Waals surface area (Å²) in [6, 6.07) is 47.8. The highest BCUT2D eigenvalue weighted by atomic mass is 31.2. The summed E-state index contributed by atoms with van der Waals surface area (Å²) in [5.41, 5.74) is 3.69. The van der Waals surface area contributed by atoms with Gasteiger partial charge in [0.1, 0.15) is 41.7 Å². The maximum atomic E-state index is 13.5. The van der Waals surface area contributed by atoms with Crippen molar-refractivity contribution in [2.24, 2.45) is 0 Å². The highest BCUT2D eigenvalue weighted by Gasteiger charge is 2.54. The normalized spacial score (nSPS) is 17.6. The molecule has 2 heterocycles. The fourth-order valence-corrected chi connectivity index (χ4v) is 14.3. The summed E-state index contributed by atoms with van der Waals surface area (Å²) in [5, 5.41) is 0. The lowest BCUT2D eigenvalue weighted by Crippen LogP contribution is -2.42. The Morgan fingerprint density at radius 2 is 1.28 bits per heavy atom. The average molecular weight is 943 g/mol. The lowest BCUT2D eigenvalue weighted by Gasteiger charge is -2.38. The molecule has 1 unspecified atom stereocenters. The van der Waals surface area contributed by atoms with E-state index in [-0.39, 0.29) is 31.3 Å². The van der Waals surface area contributed by atoms with Crippen molar-refractivity contribution in [3.8, 4) is 11.5 Å². The van der Waals surface area contributed by atoms with Crippen molar-refractivity contribution in [2.45, 2.75) is 88.7 Å². The molecule has 0 aliphatic carbocycles. The van der Waals surface area contributed by atoms with Gasteiger partial charge in [-0.05, 0) is 104 Å². The molecule has 11 nitrogen and oxygen atoms in total. The van der Waals surface area contributed by atoms with Crippen LogP contribution in [-0.2, 0) is 19.6 Å². The van der Waals surface area contributed by atoms with E-state index in [0.29, 0.717) is 22.6 Å². The number of H-pyrrole nitrogens is 1. The zero-order chi connectivity index (χ0) is 47.6. The zero-order valence-corrected chi connectivity index (χ0v) is 42.0. The van der Waals surface area contributed by atoms with Gasteiger partial charge in [-0.15, -0.1) is 4.67 Å². The van der Waals surface area contributed by atoms with Gasteiger partial charge in [-0.3, -0.25) is 14.3 Å². The van der Waals surface area contributed by atoms with Gasteiger partial charge in [-0.1, -0.05) is 121 Å². The molecule has 1 fully saturated rings. The van der Waals surface area contributed by atoms with Crippen molar-refractivity contribution < 1.29 is 28.4 Å². The molecule has 6 aromatic rings.